The predicted molar refractivity (Wildman–Crippen MR) is 81.6 cm³/mol. The molecule has 1 amide bonds. The first-order valence-electron chi connectivity index (χ1n) is 6.91. The average molecular weight is 293 g/mol. The number of carbonyl (C=O) groups is 1. The highest BCUT2D eigenvalue weighted by molar-refractivity contribution is 5.97. The minimum absolute atomic E-state index is 0.0000494. The van der Waals surface area contributed by atoms with E-state index in [-0.39, 0.29) is 35.4 Å². The number of nitrogens with two attached hydrogens (primary N) is 1. The van der Waals surface area contributed by atoms with Gasteiger partial charge in [0.05, 0.1) is 5.56 Å². The van der Waals surface area contributed by atoms with Gasteiger partial charge in [-0.15, -0.1) is 0 Å². The number of benzene rings is 1. The lowest BCUT2D eigenvalue weighted by atomic mass is 10.1. The number of aromatic hydroxyl groups is 1. The standard InChI is InChI=1S/C15H23N3O3/c1-10(2)9-18(8-7-13(16)17-21)15(20)12-6-4-5-11(3)14(12)19/h4-6,10,19,21H,7-9H2,1-3H3,(H2,16,17). The average Bonchev–Trinajstić information content (AvgIpc) is 2.44. The number of nitrogens with zero attached hydrogens (tertiary/aromatic N) is 2. The van der Waals surface area contributed by atoms with Crippen LogP contribution in [0.2, 0.25) is 0 Å². The molecule has 21 heavy (non-hydrogen) atoms. The highest BCUT2D eigenvalue weighted by atomic mass is 16.4. The van der Waals surface area contributed by atoms with E-state index in [0.29, 0.717) is 18.7 Å². The van der Waals surface area contributed by atoms with E-state index in [2.05, 4.69) is 5.16 Å². The summed E-state index contributed by atoms with van der Waals surface area (Å²) in [6, 6.07) is 5.08. The molecule has 0 aliphatic heterocycles. The Morgan fingerprint density at radius 2 is 2.10 bits per heavy atom. The Morgan fingerprint density at radius 3 is 2.67 bits per heavy atom. The molecule has 1 aromatic carbocycles. The summed E-state index contributed by atoms with van der Waals surface area (Å²) in [6.45, 7) is 6.61. The maximum atomic E-state index is 12.6. The largest absolute Gasteiger partial charge is 0.507 e. The molecule has 0 saturated carbocycles. The molecular weight excluding hydrogens is 270 g/mol. The molecule has 0 aliphatic rings. The molecule has 0 spiro atoms. The maximum absolute atomic E-state index is 12.6. The van der Waals surface area contributed by atoms with Gasteiger partial charge in [-0.1, -0.05) is 31.1 Å². The Kier molecular flexibility index (Phi) is 6.02. The highest BCUT2D eigenvalue weighted by Gasteiger charge is 2.20. The number of hydrogen-bond donors (Lipinski definition) is 3. The number of amides is 1. The number of aryl methyl sites for hydroxylation is 1. The molecule has 6 heteroatoms. The van der Waals surface area contributed by atoms with Crippen LogP contribution in [-0.4, -0.2) is 40.0 Å². The maximum Gasteiger partial charge on any atom is 0.257 e. The van der Waals surface area contributed by atoms with Crippen molar-refractivity contribution in [2.24, 2.45) is 16.8 Å². The van der Waals surface area contributed by atoms with Crippen molar-refractivity contribution in [2.75, 3.05) is 13.1 Å². The van der Waals surface area contributed by atoms with Crippen molar-refractivity contribution in [2.45, 2.75) is 27.2 Å². The molecule has 116 valence electrons. The second-order valence-corrected chi connectivity index (χ2v) is 5.46. The minimum atomic E-state index is -0.254. The number of carbonyl (C=O) groups excluding carboxylic acids is 1. The van der Waals surface area contributed by atoms with Crippen molar-refractivity contribution in [1.82, 2.24) is 4.90 Å². The zero-order chi connectivity index (χ0) is 16.0. The molecule has 0 saturated heterocycles. The number of amidine groups is 1. The number of rotatable bonds is 6. The van der Waals surface area contributed by atoms with Crippen LogP contribution in [0.4, 0.5) is 0 Å². The second-order valence-electron chi connectivity index (χ2n) is 5.46. The third-order valence-electron chi connectivity index (χ3n) is 3.11. The van der Waals surface area contributed by atoms with E-state index in [1.165, 1.54) is 0 Å². The fraction of sp³-hybridized carbons (Fsp3) is 0.467. The Balaban J connectivity index is 2.96. The molecule has 0 bridgehead atoms. The monoisotopic (exact) mass is 293 g/mol. The lowest BCUT2D eigenvalue weighted by molar-refractivity contribution is 0.0737. The lowest BCUT2D eigenvalue weighted by Crippen LogP contribution is -2.36. The number of phenolic OH excluding ortho intramolecular Hbond substituents is 1. The van der Waals surface area contributed by atoms with E-state index < -0.39 is 0 Å². The Morgan fingerprint density at radius 1 is 1.43 bits per heavy atom. The molecule has 4 N–H and O–H groups in total. The summed E-state index contributed by atoms with van der Waals surface area (Å²) in [7, 11) is 0. The number of hydrogen-bond acceptors (Lipinski definition) is 4. The summed E-state index contributed by atoms with van der Waals surface area (Å²) in [4.78, 5) is 14.2. The van der Waals surface area contributed by atoms with Crippen molar-refractivity contribution in [3.63, 3.8) is 0 Å². The van der Waals surface area contributed by atoms with Gasteiger partial charge in [0.15, 0.2) is 0 Å². The molecule has 0 atom stereocenters. The van der Waals surface area contributed by atoms with E-state index in [1.54, 1.807) is 30.0 Å². The van der Waals surface area contributed by atoms with Crippen LogP contribution >= 0.6 is 0 Å². The van der Waals surface area contributed by atoms with Crippen LogP contribution in [-0.2, 0) is 0 Å². The summed E-state index contributed by atoms with van der Waals surface area (Å²) in [5.74, 6) is 0.0916. The first kappa shape index (κ1) is 16.8. The van der Waals surface area contributed by atoms with Gasteiger partial charge in [-0.2, -0.15) is 0 Å². The molecule has 1 aromatic rings. The van der Waals surface area contributed by atoms with Crippen LogP contribution in [0.1, 0.15) is 36.2 Å². The summed E-state index contributed by atoms with van der Waals surface area (Å²) >= 11 is 0. The lowest BCUT2D eigenvalue weighted by Gasteiger charge is -2.25. The van der Waals surface area contributed by atoms with E-state index in [9.17, 15) is 9.90 Å². The molecule has 0 radical (unpaired) electrons. The molecule has 0 unspecified atom stereocenters. The van der Waals surface area contributed by atoms with Gasteiger partial charge < -0.3 is 20.9 Å². The van der Waals surface area contributed by atoms with Crippen LogP contribution in [0.5, 0.6) is 5.75 Å². The van der Waals surface area contributed by atoms with Crippen molar-refractivity contribution in [3.8, 4) is 5.75 Å². The fourth-order valence-corrected chi connectivity index (χ4v) is 2.02. The van der Waals surface area contributed by atoms with Gasteiger partial charge in [0.1, 0.15) is 11.6 Å². The van der Waals surface area contributed by atoms with Gasteiger partial charge in [0, 0.05) is 19.5 Å². The van der Waals surface area contributed by atoms with Crippen molar-refractivity contribution in [3.05, 3.63) is 29.3 Å². The first-order valence-corrected chi connectivity index (χ1v) is 6.91. The second kappa shape index (κ2) is 7.52. The quantitative estimate of drug-likeness (QED) is 0.323. The summed E-state index contributed by atoms with van der Waals surface area (Å²) in [6.07, 6.45) is 0.279. The zero-order valence-electron chi connectivity index (χ0n) is 12.7. The van der Waals surface area contributed by atoms with Crippen LogP contribution < -0.4 is 5.73 Å². The highest BCUT2D eigenvalue weighted by Crippen LogP contribution is 2.23. The Labute approximate surface area is 124 Å². The van der Waals surface area contributed by atoms with Gasteiger partial charge in [0.2, 0.25) is 0 Å². The van der Waals surface area contributed by atoms with Crippen molar-refractivity contribution >= 4 is 11.7 Å². The van der Waals surface area contributed by atoms with Crippen LogP contribution in [0.3, 0.4) is 0 Å². The van der Waals surface area contributed by atoms with E-state index in [1.807, 2.05) is 13.8 Å². The topological polar surface area (TPSA) is 99.2 Å². The first-order chi connectivity index (χ1) is 9.86. The number of para-hydroxylation sites is 1. The molecular formula is C15H23N3O3. The van der Waals surface area contributed by atoms with Crippen molar-refractivity contribution < 1.29 is 15.1 Å². The van der Waals surface area contributed by atoms with Gasteiger partial charge in [-0.05, 0) is 24.5 Å². The van der Waals surface area contributed by atoms with Crippen LogP contribution in [0.15, 0.2) is 23.4 Å². The van der Waals surface area contributed by atoms with Crippen LogP contribution in [0, 0.1) is 12.8 Å². The van der Waals surface area contributed by atoms with E-state index in [4.69, 9.17) is 10.9 Å². The van der Waals surface area contributed by atoms with Gasteiger partial charge in [-0.3, -0.25) is 4.79 Å². The predicted octanol–water partition coefficient (Wildman–Crippen LogP) is 1.94. The van der Waals surface area contributed by atoms with E-state index in [0.717, 1.165) is 0 Å². The SMILES string of the molecule is Cc1cccc(C(=O)N(CCC(N)=NO)CC(C)C)c1O. The van der Waals surface area contributed by atoms with Gasteiger partial charge >= 0.3 is 0 Å². The molecule has 0 aliphatic carbocycles. The fourth-order valence-electron chi connectivity index (χ4n) is 2.02. The summed E-state index contributed by atoms with van der Waals surface area (Å²) < 4.78 is 0. The zero-order valence-corrected chi connectivity index (χ0v) is 12.7. The number of oxime groups is 1. The summed E-state index contributed by atoms with van der Waals surface area (Å²) in [5.41, 5.74) is 6.39. The minimum Gasteiger partial charge on any atom is -0.507 e. The van der Waals surface area contributed by atoms with Crippen LogP contribution in [0.25, 0.3) is 0 Å². The van der Waals surface area contributed by atoms with Gasteiger partial charge in [0.25, 0.3) is 5.91 Å². The van der Waals surface area contributed by atoms with Gasteiger partial charge in [-0.25, -0.2) is 0 Å². The number of phenols is 1. The molecule has 0 heterocycles. The Hall–Kier alpha value is -2.24. The third-order valence-corrected chi connectivity index (χ3v) is 3.11. The molecule has 6 nitrogen and oxygen atoms in total. The Bertz CT molecular complexity index is 527. The normalized spacial score (nSPS) is 11.7. The molecule has 1 rings (SSSR count). The third kappa shape index (κ3) is 4.66. The van der Waals surface area contributed by atoms with E-state index >= 15 is 0 Å². The van der Waals surface area contributed by atoms with Crippen molar-refractivity contribution in [1.29, 1.82) is 0 Å². The molecule has 0 fully saturated rings. The smallest absolute Gasteiger partial charge is 0.257 e. The molecule has 0 aromatic heterocycles. The summed E-state index contributed by atoms with van der Waals surface area (Å²) in [5, 5.41) is 21.5.